The summed E-state index contributed by atoms with van der Waals surface area (Å²) < 4.78 is 18.7. The van der Waals surface area contributed by atoms with Gasteiger partial charge in [0.2, 0.25) is 5.91 Å². The lowest BCUT2D eigenvalue weighted by Gasteiger charge is -2.35. The second-order valence-electron chi connectivity index (χ2n) is 7.06. The number of carbonyl (C=O) groups excluding carboxylic acids is 1. The molecule has 2 aromatic carbocycles. The standard InChI is InChI=1S/C21H23FN2O2/c22-20-3-1-2-17(11-20)13-23-6-8-24(9-7-23)21(25)12-16-4-5-18-14-26-15-19(18)10-16/h1-5,10-11H,6-9,12-15H2. The fourth-order valence-corrected chi connectivity index (χ4v) is 3.67. The molecule has 0 radical (unpaired) electrons. The number of hydrogen-bond acceptors (Lipinski definition) is 3. The Morgan fingerprint density at radius 2 is 1.77 bits per heavy atom. The molecule has 0 aliphatic carbocycles. The normalized spacial score (nSPS) is 17.3. The molecule has 2 aromatic rings. The van der Waals surface area contributed by atoms with E-state index in [1.54, 1.807) is 12.1 Å². The lowest BCUT2D eigenvalue weighted by molar-refractivity contribution is -0.132. The van der Waals surface area contributed by atoms with Gasteiger partial charge < -0.3 is 9.64 Å². The van der Waals surface area contributed by atoms with Crippen molar-refractivity contribution >= 4 is 5.91 Å². The van der Waals surface area contributed by atoms with Crippen molar-refractivity contribution in [3.05, 3.63) is 70.5 Å². The van der Waals surface area contributed by atoms with Crippen LogP contribution >= 0.6 is 0 Å². The summed E-state index contributed by atoms with van der Waals surface area (Å²) in [5, 5.41) is 0. The third-order valence-electron chi connectivity index (χ3n) is 5.16. The zero-order valence-corrected chi connectivity index (χ0v) is 14.8. The second-order valence-corrected chi connectivity index (χ2v) is 7.06. The van der Waals surface area contributed by atoms with Crippen molar-refractivity contribution in [2.24, 2.45) is 0 Å². The van der Waals surface area contributed by atoms with Crippen molar-refractivity contribution in [2.75, 3.05) is 26.2 Å². The van der Waals surface area contributed by atoms with Gasteiger partial charge in [0, 0.05) is 32.7 Å². The summed E-state index contributed by atoms with van der Waals surface area (Å²) in [6, 6.07) is 12.9. The van der Waals surface area contributed by atoms with Gasteiger partial charge in [-0.15, -0.1) is 0 Å². The Morgan fingerprint density at radius 1 is 0.962 bits per heavy atom. The van der Waals surface area contributed by atoms with E-state index in [2.05, 4.69) is 17.0 Å². The molecular weight excluding hydrogens is 331 g/mol. The summed E-state index contributed by atoms with van der Waals surface area (Å²) in [5.41, 5.74) is 4.47. The van der Waals surface area contributed by atoms with Crippen molar-refractivity contribution in [1.29, 1.82) is 0 Å². The molecule has 4 rings (SSSR count). The molecular formula is C21H23FN2O2. The van der Waals surface area contributed by atoms with Gasteiger partial charge in [0.15, 0.2) is 0 Å². The van der Waals surface area contributed by atoms with E-state index in [-0.39, 0.29) is 11.7 Å². The first kappa shape index (κ1) is 17.2. The van der Waals surface area contributed by atoms with Gasteiger partial charge in [0.25, 0.3) is 0 Å². The average Bonchev–Trinajstić information content (AvgIpc) is 3.10. The van der Waals surface area contributed by atoms with Crippen LogP contribution in [0.25, 0.3) is 0 Å². The quantitative estimate of drug-likeness (QED) is 0.846. The van der Waals surface area contributed by atoms with Gasteiger partial charge in [0.05, 0.1) is 19.6 Å². The van der Waals surface area contributed by atoms with Crippen LogP contribution in [0.15, 0.2) is 42.5 Å². The molecule has 0 saturated carbocycles. The minimum Gasteiger partial charge on any atom is -0.372 e. The minimum absolute atomic E-state index is 0.175. The molecule has 1 amide bonds. The molecule has 4 nitrogen and oxygen atoms in total. The van der Waals surface area contributed by atoms with E-state index >= 15 is 0 Å². The SMILES string of the molecule is O=C(Cc1ccc2c(c1)COC2)N1CCN(Cc2cccc(F)c2)CC1. The number of piperazine rings is 1. The maximum atomic E-state index is 13.3. The van der Waals surface area contributed by atoms with Gasteiger partial charge in [-0.3, -0.25) is 9.69 Å². The zero-order valence-electron chi connectivity index (χ0n) is 14.8. The van der Waals surface area contributed by atoms with Crippen molar-refractivity contribution < 1.29 is 13.9 Å². The highest BCUT2D eigenvalue weighted by molar-refractivity contribution is 5.79. The molecule has 136 valence electrons. The summed E-state index contributed by atoms with van der Waals surface area (Å²) in [6.07, 6.45) is 0.442. The fourth-order valence-electron chi connectivity index (χ4n) is 3.67. The molecule has 1 fully saturated rings. The van der Waals surface area contributed by atoms with Crippen LogP contribution in [0.3, 0.4) is 0 Å². The Labute approximate surface area is 153 Å². The Hall–Kier alpha value is -2.24. The molecule has 5 heteroatoms. The van der Waals surface area contributed by atoms with Gasteiger partial charge in [-0.05, 0) is 34.4 Å². The van der Waals surface area contributed by atoms with E-state index in [0.29, 0.717) is 19.6 Å². The molecule has 2 heterocycles. The summed E-state index contributed by atoms with van der Waals surface area (Å²) in [6.45, 7) is 5.14. The molecule has 1 saturated heterocycles. The lowest BCUT2D eigenvalue weighted by atomic mass is 10.0. The number of amides is 1. The van der Waals surface area contributed by atoms with E-state index in [1.807, 2.05) is 17.0 Å². The topological polar surface area (TPSA) is 32.8 Å². The minimum atomic E-state index is -0.198. The van der Waals surface area contributed by atoms with Crippen LogP contribution in [0.2, 0.25) is 0 Å². The van der Waals surface area contributed by atoms with Gasteiger partial charge in [0.1, 0.15) is 5.82 Å². The smallest absolute Gasteiger partial charge is 0.227 e. The summed E-state index contributed by atoms with van der Waals surface area (Å²) in [5.74, 6) is -0.0228. The highest BCUT2D eigenvalue weighted by atomic mass is 19.1. The third kappa shape index (κ3) is 3.94. The largest absolute Gasteiger partial charge is 0.372 e. The van der Waals surface area contributed by atoms with Crippen molar-refractivity contribution in [3.8, 4) is 0 Å². The number of benzene rings is 2. The maximum Gasteiger partial charge on any atom is 0.227 e. The number of fused-ring (bicyclic) bond motifs is 1. The second kappa shape index (κ2) is 7.56. The van der Waals surface area contributed by atoms with E-state index in [0.717, 1.165) is 43.9 Å². The zero-order chi connectivity index (χ0) is 17.9. The first-order valence-corrected chi connectivity index (χ1v) is 9.10. The summed E-state index contributed by atoms with van der Waals surface area (Å²) in [4.78, 5) is 16.8. The Kier molecular flexibility index (Phi) is 5.00. The maximum absolute atomic E-state index is 13.3. The number of ether oxygens (including phenoxy) is 1. The Bertz CT molecular complexity index is 800. The number of hydrogen-bond donors (Lipinski definition) is 0. The van der Waals surface area contributed by atoms with E-state index in [9.17, 15) is 9.18 Å². The van der Waals surface area contributed by atoms with Crippen LogP contribution in [-0.2, 0) is 35.7 Å². The van der Waals surface area contributed by atoms with Crippen LogP contribution in [-0.4, -0.2) is 41.9 Å². The Balaban J connectivity index is 1.29. The van der Waals surface area contributed by atoms with Crippen molar-refractivity contribution in [3.63, 3.8) is 0 Å². The molecule has 26 heavy (non-hydrogen) atoms. The van der Waals surface area contributed by atoms with Crippen LogP contribution < -0.4 is 0 Å². The Morgan fingerprint density at radius 3 is 2.58 bits per heavy atom. The van der Waals surface area contributed by atoms with Crippen LogP contribution in [0.1, 0.15) is 22.3 Å². The van der Waals surface area contributed by atoms with Crippen LogP contribution in [0, 0.1) is 5.82 Å². The van der Waals surface area contributed by atoms with Crippen LogP contribution in [0.4, 0.5) is 4.39 Å². The highest BCUT2D eigenvalue weighted by Crippen LogP contribution is 2.21. The number of nitrogens with zero attached hydrogens (tertiary/aromatic N) is 2. The van der Waals surface area contributed by atoms with Gasteiger partial charge in [-0.1, -0.05) is 30.3 Å². The fraction of sp³-hybridized carbons (Fsp3) is 0.381. The predicted molar refractivity (Wildman–Crippen MR) is 96.9 cm³/mol. The van der Waals surface area contributed by atoms with E-state index in [4.69, 9.17) is 4.74 Å². The number of halogens is 1. The molecule has 2 aliphatic heterocycles. The van der Waals surface area contributed by atoms with Gasteiger partial charge >= 0.3 is 0 Å². The molecule has 0 atom stereocenters. The number of rotatable bonds is 4. The molecule has 0 bridgehead atoms. The first-order valence-electron chi connectivity index (χ1n) is 9.10. The number of carbonyl (C=O) groups is 1. The molecule has 0 unspecified atom stereocenters. The van der Waals surface area contributed by atoms with E-state index in [1.165, 1.54) is 17.2 Å². The van der Waals surface area contributed by atoms with Crippen molar-refractivity contribution in [2.45, 2.75) is 26.2 Å². The summed E-state index contributed by atoms with van der Waals surface area (Å²) in [7, 11) is 0. The lowest BCUT2D eigenvalue weighted by Crippen LogP contribution is -2.48. The molecule has 2 aliphatic rings. The van der Waals surface area contributed by atoms with Crippen molar-refractivity contribution in [1.82, 2.24) is 9.80 Å². The molecule has 0 N–H and O–H groups in total. The third-order valence-corrected chi connectivity index (χ3v) is 5.16. The molecule has 0 spiro atoms. The van der Waals surface area contributed by atoms with E-state index < -0.39 is 0 Å². The monoisotopic (exact) mass is 354 g/mol. The molecule has 0 aromatic heterocycles. The van der Waals surface area contributed by atoms with Gasteiger partial charge in [-0.25, -0.2) is 4.39 Å². The summed E-state index contributed by atoms with van der Waals surface area (Å²) >= 11 is 0. The van der Waals surface area contributed by atoms with Crippen LogP contribution in [0.5, 0.6) is 0 Å². The predicted octanol–water partition coefficient (Wildman–Crippen LogP) is 2.74. The highest BCUT2D eigenvalue weighted by Gasteiger charge is 2.22. The van der Waals surface area contributed by atoms with Gasteiger partial charge in [-0.2, -0.15) is 0 Å². The average molecular weight is 354 g/mol. The first-order chi connectivity index (χ1) is 12.7.